The number of hydrogen-bond acceptors (Lipinski definition) is 8. The molecule has 150 valence electrons. The highest BCUT2D eigenvalue weighted by Gasteiger charge is 2.15. The van der Waals surface area contributed by atoms with E-state index in [2.05, 4.69) is 20.8 Å². The Morgan fingerprint density at radius 2 is 1.90 bits per heavy atom. The fourth-order valence-electron chi connectivity index (χ4n) is 2.46. The third-order valence-electron chi connectivity index (χ3n) is 3.77. The minimum absolute atomic E-state index is 0.106. The second kappa shape index (κ2) is 9.69. The van der Waals surface area contributed by atoms with Gasteiger partial charge in [0, 0.05) is 5.69 Å². The molecule has 3 aromatic rings. The number of benzene rings is 2. The number of carbonyl (C=O) groups excluding carboxylic acids is 2. The zero-order valence-electron chi connectivity index (χ0n) is 15.9. The van der Waals surface area contributed by atoms with Crippen LogP contribution >= 0.6 is 11.8 Å². The van der Waals surface area contributed by atoms with E-state index in [0.717, 1.165) is 0 Å². The number of para-hydroxylation sites is 2. The van der Waals surface area contributed by atoms with Gasteiger partial charge in [0.05, 0.1) is 25.0 Å². The molecule has 0 saturated heterocycles. The summed E-state index contributed by atoms with van der Waals surface area (Å²) >= 11 is 1.19. The lowest BCUT2D eigenvalue weighted by molar-refractivity contribution is -0.113. The van der Waals surface area contributed by atoms with Crippen LogP contribution in [0.4, 0.5) is 5.69 Å². The highest BCUT2D eigenvalue weighted by molar-refractivity contribution is 7.99. The number of aromatic nitrogens is 4. The number of nitrogens with one attached hydrogen (secondary N) is 1. The number of tetrazole rings is 1. The zero-order valence-corrected chi connectivity index (χ0v) is 16.7. The molecule has 1 N–H and O–H groups in total. The van der Waals surface area contributed by atoms with E-state index in [-0.39, 0.29) is 11.7 Å². The topological polar surface area (TPSA) is 108 Å². The van der Waals surface area contributed by atoms with Crippen molar-refractivity contribution in [3.63, 3.8) is 0 Å². The van der Waals surface area contributed by atoms with Crippen LogP contribution in [0.25, 0.3) is 5.69 Å². The van der Waals surface area contributed by atoms with Crippen LogP contribution in [-0.4, -0.2) is 51.6 Å². The monoisotopic (exact) mass is 413 g/mol. The minimum Gasteiger partial charge on any atom is -0.494 e. The van der Waals surface area contributed by atoms with Crippen LogP contribution < -0.4 is 10.1 Å². The van der Waals surface area contributed by atoms with Crippen LogP contribution in [0.15, 0.2) is 53.7 Å². The van der Waals surface area contributed by atoms with Gasteiger partial charge in [0.1, 0.15) is 11.4 Å². The fourth-order valence-corrected chi connectivity index (χ4v) is 3.14. The number of hydrogen-bond donors (Lipinski definition) is 1. The van der Waals surface area contributed by atoms with Crippen molar-refractivity contribution in [1.82, 2.24) is 20.2 Å². The summed E-state index contributed by atoms with van der Waals surface area (Å²) in [6.07, 6.45) is 0. The van der Waals surface area contributed by atoms with Crippen molar-refractivity contribution in [1.29, 1.82) is 0 Å². The first kappa shape index (κ1) is 20.3. The highest BCUT2D eigenvalue weighted by Crippen LogP contribution is 2.25. The molecule has 0 radical (unpaired) electrons. The van der Waals surface area contributed by atoms with Gasteiger partial charge < -0.3 is 14.8 Å². The molecule has 0 saturated carbocycles. The van der Waals surface area contributed by atoms with Crippen LogP contribution in [-0.2, 0) is 9.53 Å². The van der Waals surface area contributed by atoms with Gasteiger partial charge in [0.2, 0.25) is 11.1 Å². The maximum absolute atomic E-state index is 12.3. The van der Waals surface area contributed by atoms with Crippen molar-refractivity contribution >= 4 is 29.3 Å². The predicted octanol–water partition coefficient (Wildman–Crippen LogP) is 2.58. The summed E-state index contributed by atoms with van der Waals surface area (Å²) in [4.78, 5) is 23.9. The van der Waals surface area contributed by atoms with E-state index in [4.69, 9.17) is 9.47 Å². The number of amides is 1. The Hall–Kier alpha value is -3.40. The second-order valence-electron chi connectivity index (χ2n) is 5.68. The smallest absolute Gasteiger partial charge is 0.338 e. The lowest BCUT2D eigenvalue weighted by Crippen LogP contribution is -2.15. The number of nitrogens with zero attached hydrogens (tertiary/aromatic N) is 4. The molecule has 0 fully saturated rings. The zero-order chi connectivity index (χ0) is 20.6. The van der Waals surface area contributed by atoms with Crippen LogP contribution in [0.5, 0.6) is 5.75 Å². The maximum atomic E-state index is 12.3. The quantitative estimate of drug-likeness (QED) is 0.443. The van der Waals surface area contributed by atoms with E-state index in [9.17, 15) is 9.59 Å². The summed E-state index contributed by atoms with van der Waals surface area (Å²) in [6, 6.07) is 13.8. The van der Waals surface area contributed by atoms with E-state index < -0.39 is 5.97 Å². The molecule has 1 heterocycles. The molecule has 0 spiro atoms. The number of methoxy groups -OCH3 is 1. The Labute approximate surface area is 171 Å². The molecule has 1 aromatic heterocycles. The highest BCUT2D eigenvalue weighted by atomic mass is 32.2. The van der Waals surface area contributed by atoms with Crippen molar-refractivity contribution in [2.75, 3.05) is 24.8 Å². The summed E-state index contributed by atoms with van der Waals surface area (Å²) in [5.41, 5.74) is 1.68. The van der Waals surface area contributed by atoms with Crippen molar-refractivity contribution < 1.29 is 19.1 Å². The van der Waals surface area contributed by atoms with Gasteiger partial charge in [-0.05, 0) is 53.7 Å². The Balaban J connectivity index is 1.61. The van der Waals surface area contributed by atoms with Crippen molar-refractivity contribution in [3.05, 3.63) is 54.1 Å². The first-order valence-corrected chi connectivity index (χ1v) is 9.72. The van der Waals surface area contributed by atoms with Gasteiger partial charge in [0.25, 0.3) is 0 Å². The number of rotatable bonds is 8. The van der Waals surface area contributed by atoms with Gasteiger partial charge in [-0.1, -0.05) is 23.9 Å². The Morgan fingerprint density at radius 1 is 1.14 bits per heavy atom. The van der Waals surface area contributed by atoms with Gasteiger partial charge >= 0.3 is 5.97 Å². The molecule has 0 aliphatic heterocycles. The van der Waals surface area contributed by atoms with E-state index in [1.807, 2.05) is 18.2 Å². The molecule has 0 aliphatic rings. The van der Waals surface area contributed by atoms with Crippen molar-refractivity contribution in [2.45, 2.75) is 12.1 Å². The van der Waals surface area contributed by atoms with Crippen LogP contribution in [0.1, 0.15) is 17.3 Å². The molecule has 0 aliphatic carbocycles. The van der Waals surface area contributed by atoms with Gasteiger partial charge in [-0.25, -0.2) is 4.79 Å². The molecule has 0 bridgehead atoms. The molecular weight excluding hydrogens is 394 g/mol. The van der Waals surface area contributed by atoms with Crippen LogP contribution in [0.2, 0.25) is 0 Å². The van der Waals surface area contributed by atoms with Gasteiger partial charge in [-0.3, -0.25) is 4.79 Å². The van der Waals surface area contributed by atoms with E-state index in [0.29, 0.717) is 34.5 Å². The van der Waals surface area contributed by atoms with Crippen molar-refractivity contribution in [3.8, 4) is 11.4 Å². The molecule has 2 aromatic carbocycles. The molecule has 0 atom stereocenters. The molecule has 9 nitrogen and oxygen atoms in total. The largest absolute Gasteiger partial charge is 0.494 e. The Kier molecular flexibility index (Phi) is 6.80. The molecule has 29 heavy (non-hydrogen) atoms. The molecule has 3 rings (SSSR count). The summed E-state index contributed by atoms with van der Waals surface area (Å²) in [5.74, 6) is 0.0974. The first-order chi connectivity index (χ1) is 14.1. The normalized spacial score (nSPS) is 10.4. The summed E-state index contributed by atoms with van der Waals surface area (Å²) in [6.45, 7) is 2.05. The third kappa shape index (κ3) is 5.11. The molecule has 0 unspecified atom stereocenters. The van der Waals surface area contributed by atoms with Gasteiger partial charge in [-0.2, -0.15) is 4.68 Å². The Morgan fingerprint density at radius 3 is 2.62 bits per heavy atom. The Bertz CT molecular complexity index is 990. The summed E-state index contributed by atoms with van der Waals surface area (Å²) in [7, 11) is 1.57. The van der Waals surface area contributed by atoms with Crippen LogP contribution in [0.3, 0.4) is 0 Å². The summed E-state index contributed by atoms with van der Waals surface area (Å²) in [5, 5.41) is 14.9. The van der Waals surface area contributed by atoms with Gasteiger partial charge in [-0.15, -0.1) is 5.10 Å². The number of carbonyl (C=O) groups is 2. The number of esters is 1. The van der Waals surface area contributed by atoms with E-state index >= 15 is 0 Å². The fraction of sp³-hybridized carbons (Fsp3) is 0.211. The molecule has 1 amide bonds. The lowest BCUT2D eigenvalue weighted by atomic mass is 10.2. The lowest BCUT2D eigenvalue weighted by Gasteiger charge is -2.09. The average Bonchev–Trinajstić information content (AvgIpc) is 3.21. The van der Waals surface area contributed by atoms with E-state index in [1.54, 1.807) is 44.4 Å². The first-order valence-electron chi connectivity index (χ1n) is 8.74. The number of ether oxygens (including phenoxy) is 2. The predicted molar refractivity (Wildman–Crippen MR) is 107 cm³/mol. The van der Waals surface area contributed by atoms with Crippen molar-refractivity contribution in [2.24, 2.45) is 0 Å². The van der Waals surface area contributed by atoms with Crippen LogP contribution in [0, 0.1) is 0 Å². The molecular formula is C19H19N5O4S. The molecule has 10 heteroatoms. The average molecular weight is 413 g/mol. The van der Waals surface area contributed by atoms with E-state index in [1.165, 1.54) is 16.4 Å². The maximum Gasteiger partial charge on any atom is 0.338 e. The standard InChI is InChI=1S/C19H19N5O4S/c1-3-28-18(26)13-8-10-14(11-9-13)20-17(25)12-29-19-21-22-23-24(19)15-6-4-5-7-16(15)27-2/h4-11H,3,12H2,1-2H3,(H,20,25). The second-order valence-corrected chi connectivity index (χ2v) is 6.62. The number of anilines is 1. The number of thioether (sulfide) groups is 1. The third-order valence-corrected chi connectivity index (χ3v) is 4.69. The summed E-state index contributed by atoms with van der Waals surface area (Å²) < 4.78 is 11.8. The van der Waals surface area contributed by atoms with Gasteiger partial charge in [0.15, 0.2) is 0 Å². The minimum atomic E-state index is -0.399. The SMILES string of the molecule is CCOC(=O)c1ccc(NC(=O)CSc2nnnn2-c2ccccc2OC)cc1.